The van der Waals surface area contributed by atoms with Crippen LogP contribution in [-0.2, 0) is 0 Å². The van der Waals surface area contributed by atoms with Crippen LogP contribution in [0.1, 0.15) is 137 Å². The number of nitrogens with one attached hydrogen (secondary N) is 2. The highest BCUT2D eigenvalue weighted by Gasteiger charge is 2.29. The van der Waals surface area contributed by atoms with Crippen LogP contribution in [0.25, 0.3) is 0 Å². The smallest absolute Gasteiger partial charge is 0.0577 e. The van der Waals surface area contributed by atoms with E-state index in [1.807, 2.05) is 0 Å². The van der Waals surface area contributed by atoms with E-state index in [1.54, 1.807) is 0 Å². The average Bonchev–Trinajstić information content (AvgIpc) is 2.56. The van der Waals surface area contributed by atoms with Crippen LogP contribution in [0, 0.1) is 0 Å². The molecule has 0 aromatic heterocycles. The SMILES string of the molecule is CCCCCCCCCCCCCCCCCC1NC(C)CC(C)(C)N1. The first kappa shape index (κ1) is 24.0. The van der Waals surface area contributed by atoms with E-state index in [2.05, 4.69) is 38.3 Å². The van der Waals surface area contributed by atoms with Gasteiger partial charge in [0, 0.05) is 11.6 Å². The molecule has 0 bridgehead atoms. The van der Waals surface area contributed by atoms with Crippen LogP contribution in [0.3, 0.4) is 0 Å². The van der Waals surface area contributed by atoms with Crippen LogP contribution in [0.5, 0.6) is 0 Å². The predicted molar refractivity (Wildman–Crippen MR) is 118 cm³/mol. The second-order valence-corrected chi connectivity index (χ2v) is 9.59. The van der Waals surface area contributed by atoms with Crippen LogP contribution in [0.2, 0.25) is 0 Å². The lowest BCUT2D eigenvalue weighted by Crippen LogP contribution is -2.61. The molecule has 1 rings (SSSR count). The molecule has 1 aliphatic rings. The summed E-state index contributed by atoms with van der Waals surface area (Å²) in [5.41, 5.74) is 0.296. The second kappa shape index (κ2) is 14.9. The van der Waals surface area contributed by atoms with Crippen molar-refractivity contribution in [1.82, 2.24) is 10.6 Å². The van der Waals surface area contributed by atoms with Gasteiger partial charge in [-0.2, -0.15) is 0 Å². The first-order valence-corrected chi connectivity index (χ1v) is 12.1. The number of hydrogen-bond acceptors (Lipinski definition) is 2. The Morgan fingerprint density at radius 3 is 1.54 bits per heavy atom. The zero-order chi connectivity index (χ0) is 19.1. The molecule has 0 aliphatic carbocycles. The summed E-state index contributed by atoms with van der Waals surface area (Å²) in [6, 6.07) is 0.646. The molecule has 2 atom stereocenters. The van der Waals surface area contributed by atoms with Crippen molar-refractivity contribution < 1.29 is 0 Å². The number of hydrogen-bond donors (Lipinski definition) is 2. The van der Waals surface area contributed by atoms with Crippen molar-refractivity contribution in [1.29, 1.82) is 0 Å². The van der Waals surface area contributed by atoms with Gasteiger partial charge in [0.1, 0.15) is 0 Å². The minimum absolute atomic E-state index is 0.296. The predicted octanol–water partition coefficient (Wildman–Crippen LogP) is 7.32. The quantitative estimate of drug-likeness (QED) is 0.279. The third-order valence-electron chi connectivity index (χ3n) is 5.96. The average molecular weight is 367 g/mol. The van der Waals surface area contributed by atoms with Crippen LogP contribution in [-0.4, -0.2) is 17.7 Å². The zero-order valence-corrected chi connectivity index (χ0v) is 18.7. The molecule has 2 N–H and O–H groups in total. The van der Waals surface area contributed by atoms with E-state index in [-0.39, 0.29) is 0 Å². The van der Waals surface area contributed by atoms with Gasteiger partial charge in [0.2, 0.25) is 0 Å². The van der Waals surface area contributed by atoms with Gasteiger partial charge in [0.15, 0.2) is 0 Å². The molecule has 0 aromatic rings. The molecule has 1 heterocycles. The van der Waals surface area contributed by atoms with Crippen molar-refractivity contribution in [2.45, 2.75) is 155 Å². The van der Waals surface area contributed by atoms with Crippen molar-refractivity contribution in [2.75, 3.05) is 0 Å². The van der Waals surface area contributed by atoms with Crippen LogP contribution in [0.15, 0.2) is 0 Å². The summed E-state index contributed by atoms with van der Waals surface area (Å²) in [4.78, 5) is 0. The lowest BCUT2D eigenvalue weighted by molar-refractivity contribution is 0.180. The van der Waals surface area contributed by atoms with Crippen molar-refractivity contribution in [3.8, 4) is 0 Å². The Labute approximate surface area is 165 Å². The molecule has 0 aromatic carbocycles. The first-order chi connectivity index (χ1) is 12.5. The number of rotatable bonds is 16. The van der Waals surface area contributed by atoms with Crippen molar-refractivity contribution in [3.63, 3.8) is 0 Å². The van der Waals surface area contributed by atoms with Gasteiger partial charge in [-0.05, 0) is 33.6 Å². The molecule has 0 radical (unpaired) electrons. The van der Waals surface area contributed by atoms with Gasteiger partial charge in [0.05, 0.1) is 6.17 Å². The Morgan fingerprint density at radius 2 is 1.12 bits per heavy atom. The summed E-state index contributed by atoms with van der Waals surface area (Å²) >= 11 is 0. The van der Waals surface area contributed by atoms with Crippen LogP contribution in [0.4, 0.5) is 0 Å². The minimum Gasteiger partial charge on any atom is -0.299 e. The maximum atomic E-state index is 3.76. The zero-order valence-electron chi connectivity index (χ0n) is 18.7. The molecular formula is C24H50N2. The summed E-state index contributed by atoms with van der Waals surface area (Å²) in [6.45, 7) is 9.29. The Hall–Kier alpha value is -0.0800. The Balaban J connectivity index is 1.80. The summed E-state index contributed by atoms with van der Waals surface area (Å²) in [7, 11) is 0. The van der Waals surface area contributed by atoms with E-state index < -0.39 is 0 Å². The molecule has 1 aliphatic heterocycles. The summed E-state index contributed by atoms with van der Waals surface area (Å²) in [5.74, 6) is 0. The molecule has 0 saturated carbocycles. The fourth-order valence-corrected chi connectivity index (χ4v) is 4.62. The normalized spacial score (nSPS) is 22.6. The molecule has 2 heteroatoms. The maximum Gasteiger partial charge on any atom is 0.0577 e. The maximum absolute atomic E-state index is 3.76. The highest BCUT2D eigenvalue weighted by Crippen LogP contribution is 2.19. The Morgan fingerprint density at radius 1 is 0.692 bits per heavy atom. The molecule has 1 saturated heterocycles. The molecular weight excluding hydrogens is 316 g/mol. The van der Waals surface area contributed by atoms with Gasteiger partial charge in [-0.3, -0.25) is 10.6 Å². The fraction of sp³-hybridized carbons (Fsp3) is 1.00. The van der Waals surface area contributed by atoms with E-state index in [1.165, 1.54) is 109 Å². The van der Waals surface area contributed by atoms with Crippen molar-refractivity contribution in [3.05, 3.63) is 0 Å². The standard InChI is InChI=1S/C24H50N2/c1-5-6-7-8-9-10-11-12-13-14-15-16-17-18-19-20-23-25-22(2)21-24(3,4)26-23/h22-23,25-26H,5-21H2,1-4H3. The van der Waals surface area contributed by atoms with E-state index in [9.17, 15) is 0 Å². The number of unbranched alkanes of at least 4 members (excludes halogenated alkanes) is 14. The lowest BCUT2D eigenvalue weighted by Gasteiger charge is -2.41. The third kappa shape index (κ3) is 13.1. The van der Waals surface area contributed by atoms with Gasteiger partial charge >= 0.3 is 0 Å². The van der Waals surface area contributed by atoms with Gasteiger partial charge in [-0.15, -0.1) is 0 Å². The molecule has 1 fully saturated rings. The monoisotopic (exact) mass is 366 g/mol. The highest BCUT2D eigenvalue weighted by molar-refractivity contribution is 4.91. The van der Waals surface area contributed by atoms with Crippen LogP contribution < -0.4 is 10.6 Å². The Bertz CT molecular complexity index is 313. The van der Waals surface area contributed by atoms with Crippen LogP contribution >= 0.6 is 0 Å². The lowest BCUT2D eigenvalue weighted by atomic mass is 9.91. The van der Waals surface area contributed by atoms with Gasteiger partial charge in [-0.25, -0.2) is 0 Å². The van der Waals surface area contributed by atoms with E-state index in [0.717, 1.165) is 0 Å². The largest absolute Gasteiger partial charge is 0.299 e. The minimum atomic E-state index is 0.296. The fourth-order valence-electron chi connectivity index (χ4n) is 4.62. The molecule has 2 nitrogen and oxygen atoms in total. The van der Waals surface area contributed by atoms with Crippen molar-refractivity contribution in [2.24, 2.45) is 0 Å². The topological polar surface area (TPSA) is 24.1 Å². The summed E-state index contributed by atoms with van der Waals surface area (Å²) < 4.78 is 0. The first-order valence-electron chi connectivity index (χ1n) is 12.1. The molecule has 0 spiro atoms. The van der Waals surface area contributed by atoms with E-state index >= 15 is 0 Å². The summed E-state index contributed by atoms with van der Waals surface area (Å²) in [6.07, 6.45) is 24.7. The van der Waals surface area contributed by atoms with E-state index in [0.29, 0.717) is 17.7 Å². The second-order valence-electron chi connectivity index (χ2n) is 9.59. The molecule has 0 amide bonds. The Kier molecular flexibility index (Phi) is 13.7. The third-order valence-corrected chi connectivity index (χ3v) is 5.96. The molecule has 156 valence electrons. The van der Waals surface area contributed by atoms with Gasteiger partial charge in [-0.1, -0.05) is 103 Å². The molecule has 26 heavy (non-hydrogen) atoms. The van der Waals surface area contributed by atoms with Gasteiger partial charge in [0.25, 0.3) is 0 Å². The summed E-state index contributed by atoms with van der Waals surface area (Å²) in [5, 5.41) is 7.47. The van der Waals surface area contributed by atoms with Gasteiger partial charge < -0.3 is 0 Å². The highest BCUT2D eigenvalue weighted by atomic mass is 15.2. The van der Waals surface area contributed by atoms with Crippen molar-refractivity contribution >= 4 is 0 Å². The molecule has 2 unspecified atom stereocenters. The van der Waals surface area contributed by atoms with E-state index in [4.69, 9.17) is 0 Å².